The predicted molar refractivity (Wildman–Crippen MR) is 86.0 cm³/mol. The lowest BCUT2D eigenvalue weighted by Gasteiger charge is -2.12. The van der Waals surface area contributed by atoms with E-state index in [1.807, 2.05) is 6.07 Å². The highest BCUT2D eigenvalue weighted by Gasteiger charge is 2.17. The summed E-state index contributed by atoms with van der Waals surface area (Å²) in [5.74, 6) is 0.357. The highest BCUT2D eigenvalue weighted by Crippen LogP contribution is 2.35. The van der Waals surface area contributed by atoms with Gasteiger partial charge in [0, 0.05) is 5.02 Å². The number of aromatic nitrogens is 3. The topological polar surface area (TPSA) is 60.2 Å². The second kappa shape index (κ2) is 5.69. The fourth-order valence-corrected chi connectivity index (χ4v) is 2.47. The lowest BCUT2D eigenvalue weighted by atomic mass is 10.1. The van der Waals surface area contributed by atoms with Crippen molar-refractivity contribution < 1.29 is 9.84 Å². The van der Waals surface area contributed by atoms with Crippen molar-refractivity contribution in [2.45, 2.75) is 6.42 Å². The van der Waals surface area contributed by atoms with E-state index in [0.717, 1.165) is 5.56 Å². The summed E-state index contributed by atoms with van der Waals surface area (Å²) in [7, 11) is 1.50. The number of methoxy groups -OCH3 is 1. The number of allylic oxidation sites excluding steroid dienone is 1. The molecule has 22 heavy (non-hydrogen) atoms. The van der Waals surface area contributed by atoms with Crippen molar-refractivity contribution >= 4 is 22.6 Å². The first-order valence-electron chi connectivity index (χ1n) is 6.66. The minimum absolute atomic E-state index is 0.00625. The van der Waals surface area contributed by atoms with Crippen LogP contribution in [0.15, 0.2) is 43.0 Å². The Kier molecular flexibility index (Phi) is 3.73. The molecule has 112 valence electrons. The number of benzene rings is 2. The molecule has 0 bridgehead atoms. The predicted octanol–water partition coefficient (Wildman–Crippen LogP) is 3.52. The molecule has 0 amide bonds. The average molecular weight is 316 g/mol. The van der Waals surface area contributed by atoms with Crippen LogP contribution in [0.4, 0.5) is 0 Å². The van der Waals surface area contributed by atoms with Gasteiger partial charge in [0.2, 0.25) is 0 Å². The van der Waals surface area contributed by atoms with Crippen LogP contribution in [0.3, 0.4) is 0 Å². The van der Waals surface area contributed by atoms with Gasteiger partial charge in [0.1, 0.15) is 16.7 Å². The van der Waals surface area contributed by atoms with Crippen LogP contribution in [0, 0.1) is 0 Å². The molecule has 3 aromatic rings. The molecule has 0 saturated heterocycles. The summed E-state index contributed by atoms with van der Waals surface area (Å²) in [6.45, 7) is 3.74. The number of halogens is 1. The lowest BCUT2D eigenvalue weighted by Crippen LogP contribution is -2.04. The van der Waals surface area contributed by atoms with Crippen molar-refractivity contribution in [2.75, 3.05) is 7.11 Å². The molecule has 1 N–H and O–H groups in total. The number of phenols is 1. The van der Waals surface area contributed by atoms with Gasteiger partial charge in [0.25, 0.3) is 0 Å². The van der Waals surface area contributed by atoms with E-state index in [1.165, 1.54) is 11.9 Å². The molecule has 0 spiro atoms. The molecule has 0 fully saturated rings. The number of hydrogen-bond acceptors (Lipinski definition) is 4. The van der Waals surface area contributed by atoms with Crippen LogP contribution in [-0.2, 0) is 6.42 Å². The van der Waals surface area contributed by atoms with Crippen LogP contribution in [0.5, 0.6) is 11.5 Å². The molecule has 5 nitrogen and oxygen atoms in total. The van der Waals surface area contributed by atoms with Gasteiger partial charge in [-0.2, -0.15) is 0 Å². The zero-order valence-corrected chi connectivity index (χ0v) is 12.7. The summed E-state index contributed by atoms with van der Waals surface area (Å²) in [5.41, 5.74) is 2.67. The number of nitrogens with zero attached hydrogens (tertiary/aromatic N) is 3. The summed E-state index contributed by atoms with van der Waals surface area (Å²) >= 11 is 5.97. The summed E-state index contributed by atoms with van der Waals surface area (Å²) in [4.78, 5) is 1.40. The maximum Gasteiger partial charge on any atom is 0.186 e. The van der Waals surface area contributed by atoms with E-state index in [4.69, 9.17) is 16.3 Å². The molecule has 6 heteroatoms. The van der Waals surface area contributed by atoms with Gasteiger partial charge >= 0.3 is 0 Å². The van der Waals surface area contributed by atoms with Gasteiger partial charge < -0.3 is 9.84 Å². The molecule has 0 saturated carbocycles. The van der Waals surface area contributed by atoms with E-state index in [9.17, 15) is 5.11 Å². The molecule has 0 unspecified atom stereocenters. The molecular formula is C16H14ClN3O2. The Labute approximate surface area is 132 Å². The zero-order chi connectivity index (χ0) is 15.7. The molecule has 0 aliphatic rings. The lowest BCUT2D eigenvalue weighted by molar-refractivity contribution is 0.370. The smallest absolute Gasteiger partial charge is 0.186 e. The van der Waals surface area contributed by atoms with Crippen LogP contribution < -0.4 is 4.74 Å². The Hall–Kier alpha value is -2.53. The van der Waals surface area contributed by atoms with E-state index in [-0.39, 0.29) is 5.75 Å². The van der Waals surface area contributed by atoms with Gasteiger partial charge in [-0.1, -0.05) is 23.7 Å². The summed E-state index contributed by atoms with van der Waals surface area (Å²) in [6.07, 6.45) is 2.33. The minimum Gasteiger partial charge on any atom is -0.503 e. The first kappa shape index (κ1) is 14.4. The highest BCUT2D eigenvalue weighted by molar-refractivity contribution is 6.31. The van der Waals surface area contributed by atoms with Gasteiger partial charge in [-0.25, -0.2) is 0 Å². The number of rotatable bonds is 4. The van der Waals surface area contributed by atoms with E-state index >= 15 is 0 Å². The Morgan fingerprint density at radius 3 is 2.77 bits per heavy atom. The maximum atomic E-state index is 10.4. The first-order chi connectivity index (χ1) is 10.6. The fraction of sp³-hybridized carbons (Fsp3) is 0.125. The summed E-state index contributed by atoms with van der Waals surface area (Å²) < 4.78 is 5.17. The second-order valence-corrected chi connectivity index (χ2v) is 5.18. The third-order valence-electron chi connectivity index (χ3n) is 3.32. The van der Waals surface area contributed by atoms with Crippen molar-refractivity contribution in [3.63, 3.8) is 0 Å². The van der Waals surface area contributed by atoms with Crippen LogP contribution >= 0.6 is 11.6 Å². The first-order valence-corrected chi connectivity index (χ1v) is 7.04. The monoisotopic (exact) mass is 315 g/mol. The SMILES string of the molecule is C=CCc1ccc(OC)c(O)c1-n1nc2ccc(Cl)cc2n1. The molecule has 0 aliphatic heterocycles. The molecule has 0 atom stereocenters. The van der Waals surface area contributed by atoms with Crippen molar-refractivity contribution in [3.05, 3.63) is 53.6 Å². The van der Waals surface area contributed by atoms with Gasteiger partial charge in [-0.05, 0) is 36.2 Å². The molecular weight excluding hydrogens is 302 g/mol. The van der Waals surface area contributed by atoms with Crippen molar-refractivity contribution in [1.29, 1.82) is 0 Å². The van der Waals surface area contributed by atoms with Crippen molar-refractivity contribution in [2.24, 2.45) is 0 Å². The normalized spacial score (nSPS) is 10.8. The van der Waals surface area contributed by atoms with Crippen molar-refractivity contribution in [1.82, 2.24) is 15.0 Å². The third-order valence-corrected chi connectivity index (χ3v) is 3.56. The molecule has 3 rings (SSSR count). The Morgan fingerprint density at radius 1 is 1.27 bits per heavy atom. The van der Waals surface area contributed by atoms with E-state index in [1.54, 1.807) is 30.3 Å². The van der Waals surface area contributed by atoms with E-state index in [2.05, 4.69) is 16.8 Å². The average Bonchev–Trinajstić information content (AvgIpc) is 2.90. The van der Waals surface area contributed by atoms with Crippen LogP contribution in [-0.4, -0.2) is 27.2 Å². The van der Waals surface area contributed by atoms with E-state index in [0.29, 0.717) is 33.9 Å². The number of phenolic OH excluding ortho intramolecular Hbond substituents is 1. The number of ether oxygens (including phenoxy) is 1. The standard InChI is InChI=1S/C16H14ClN3O2/c1-3-4-10-5-8-14(22-2)16(21)15(10)20-18-12-7-6-11(17)9-13(12)19-20/h3,5-9,21H,1,4H2,2H3. The fourth-order valence-electron chi connectivity index (χ4n) is 2.30. The second-order valence-electron chi connectivity index (χ2n) is 4.74. The Bertz CT molecular complexity index is 858. The van der Waals surface area contributed by atoms with Gasteiger partial charge in [0.15, 0.2) is 11.5 Å². The number of hydrogen-bond donors (Lipinski definition) is 1. The maximum absolute atomic E-state index is 10.4. The largest absolute Gasteiger partial charge is 0.503 e. The van der Waals surface area contributed by atoms with Crippen LogP contribution in [0.1, 0.15) is 5.56 Å². The highest BCUT2D eigenvalue weighted by atomic mass is 35.5. The molecule has 0 radical (unpaired) electrons. The third kappa shape index (κ3) is 2.40. The zero-order valence-electron chi connectivity index (χ0n) is 12.0. The van der Waals surface area contributed by atoms with E-state index < -0.39 is 0 Å². The molecule has 1 aromatic heterocycles. The summed E-state index contributed by atoms with van der Waals surface area (Å²) in [5, 5.41) is 19.8. The quantitative estimate of drug-likeness (QED) is 0.748. The van der Waals surface area contributed by atoms with Gasteiger partial charge in [-0.3, -0.25) is 0 Å². The molecule has 1 heterocycles. The van der Waals surface area contributed by atoms with Gasteiger partial charge in [0.05, 0.1) is 7.11 Å². The van der Waals surface area contributed by atoms with Crippen LogP contribution in [0.2, 0.25) is 5.02 Å². The Balaban J connectivity index is 2.25. The van der Waals surface area contributed by atoms with Gasteiger partial charge in [-0.15, -0.1) is 21.6 Å². The number of fused-ring (bicyclic) bond motifs is 1. The molecule has 0 aliphatic carbocycles. The minimum atomic E-state index is -0.00625. The van der Waals surface area contributed by atoms with Crippen molar-refractivity contribution in [3.8, 4) is 17.2 Å². The Morgan fingerprint density at radius 2 is 2.05 bits per heavy atom. The molecule has 2 aromatic carbocycles. The van der Waals surface area contributed by atoms with Crippen LogP contribution in [0.25, 0.3) is 16.7 Å². The number of aromatic hydroxyl groups is 1. The summed E-state index contributed by atoms with van der Waals surface area (Å²) in [6, 6.07) is 8.82.